The topological polar surface area (TPSA) is 89.7 Å². The first kappa shape index (κ1) is 16.6. The van der Waals surface area contributed by atoms with Gasteiger partial charge < -0.3 is 9.84 Å². The summed E-state index contributed by atoms with van der Waals surface area (Å²) < 4.78 is 18.8. The minimum atomic E-state index is -1.27. The molecule has 0 saturated carbocycles. The van der Waals surface area contributed by atoms with Crippen molar-refractivity contribution in [3.05, 3.63) is 69.5 Å². The normalized spacial score (nSPS) is 11.8. The number of benzene rings is 2. The third kappa shape index (κ3) is 3.89. The SMILES string of the molecule is CC(=O)c1ccc(OCC(O)c2ccccc2F)c([N+](=O)[O-])c1. The molecule has 6 nitrogen and oxygen atoms in total. The lowest BCUT2D eigenvalue weighted by atomic mass is 10.1. The summed E-state index contributed by atoms with van der Waals surface area (Å²) in [5.41, 5.74) is -0.173. The lowest BCUT2D eigenvalue weighted by Crippen LogP contribution is -2.12. The molecule has 0 radical (unpaired) electrons. The van der Waals surface area contributed by atoms with Crippen LogP contribution in [0.4, 0.5) is 10.1 Å². The molecule has 0 saturated heterocycles. The number of ether oxygens (including phenoxy) is 1. The highest BCUT2D eigenvalue weighted by Gasteiger charge is 2.20. The maximum absolute atomic E-state index is 13.6. The Labute approximate surface area is 131 Å². The maximum Gasteiger partial charge on any atom is 0.311 e. The van der Waals surface area contributed by atoms with Crippen LogP contribution in [0.3, 0.4) is 0 Å². The highest BCUT2D eigenvalue weighted by Crippen LogP contribution is 2.29. The molecule has 2 aromatic rings. The second-order valence-electron chi connectivity index (χ2n) is 4.84. The van der Waals surface area contributed by atoms with Gasteiger partial charge >= 0.3 is 5.69 Å². The summed E-state index contributed by atoms with van der Waals surface area (Å²) in [6.07, 6.45) is -1.27. The van der Waals surface area contributed by atoms with Gasteiger partial charge in [-0.25, -0.2) is 4.39 Å². The van der Waals surface area contributed by atoms with E-state index < -0.39 is 22.5 Å². The van der Waals surface area contributed by atoms with E-state index in [1.165, 1.54) is 37.3 Å². The van der Waals surface area contributed by atoms with E-state index in [2.05, 4.69) is 0 Å². The Kier molecular flexibility index (Phi) is 5.02. The molecule has 1 unspecified atom stereocenters. The molecule has 0 aliphatic rings. The Balaban J connectivity index is 2.18. The van der Waals surface area contributed by atoms with Crippen molar-refractivity contribution in [3.8, 4) is 5.75 Å². The third-order valence-electron chi connectivity index (χ3n) is 3.22. The quantitative estimate of drug-likeness (QED) is 0.502. The Bertz CT molecular complexity index is 747. The van der Waals surface area contributed by atoms with Crippen molar-refractivity contribution in [2.24, 2.45) is 0 Å². The highest BCUT2D eigenvalue weighted by molar-refractivity contribution is 5.95. The van der Waals surface area contributed by atoms with Gasteiger partial charge in [0.1, 0.15) is 18.5 Å². The number of hydrogen-bond donors (Lipinski definition) is 1. The van der Waals surface area contributed by atoms with Crippen LogP contribution in [0, 0.1) is 15.9 Å². The summed E-state index contributed by atoms with van der Waals surface area (Å²) in [6.45, 7) is 0.933. The van der Waals surface area contributed by atoms with Crippen LogP contribution in [0.25, 0.3) is 0 Å². The van der Waals surface area contributed by atoms with Gasteiger partial charge in [-0.05, 0) is 25.1 Å². The van der Waals surface area contributed by atoms with E-state index in [0.29, 0.717) is 0 Å². The van der Waals surface area contributed by atoms with Crippen LogP contribution in [0.1, 0.15) is 28.9 Å². The van der Waals surface area contributed by atoms with Gasteiger partial charge in [0.25, 0.3) is 0 Å². The van der Waals surface area contributed by atoms with Crippen LogP contribution >= 0.6 is 0 Å². The van der Waals surface area contributed by atoms with E-state index in [0.717, 1.165) is 6.07 Å². The Hall–Kier alpha value is -2.80. The molecule has 0 aromatic heterocycles. The molecule has 0 amide bonds. The number of carbonyl (C=O) groups is 1. The third-order valence-corrected chi connectivity index (χ3v) is 3.22. The molecular weight excluding hydrogens is 305 g/mol. The van der Waals surface area contributed by atoms with E-state index in [1.807, 2.05) is 0 Å². The van der Waals surface area contributed by atoms with E-state index >= 15 is 0 Å². The number of rotatable bonds is 6. The summed E-state index contributed by atoms with van der Waals surface area (Å²) in [7, 11) is 0. The summed E-state index contributed by atoms with van der Waals surface area (Å²) in [6, 6.07) is 9.42. The molecule has 0 fully saturated rings. The van der Waals surface area contributed by atoms with Gasteiger partial charge in [0.2, 0.25) is 0 Å². The van der Waals surface area contributed by atoms with Crippen LogP contribution in [-0.4, -0.2) is 22.4 Å². The van der Waals surface area contributed by atoms with Crippen LogP contribution in [0.2, 0.25) is 0 Å². The molecule has 2 rings (SSSR count). The van der Waals surface area contributed by atoms with Gasteiger partial charge in [-0.2, -0.15) is 0 Å². The smallest absolute Gasteiger partial charge is 0.311 e. The first-order chi connectivity index (χ1) is 10.9. The van der Waals surface area contributed by atoms with Crippen LogP contribution in [-0.2, 0) is 0 Å². The van der Waals surface area contributed by atoms with Gasteiger partial charge in [-0.15, -0.1) is 0 Å². The molecule has 0 spiro atoms. The number of aliphatic hydroxyl groups is 1. The first-order valence-corrected chi connectivity index (χ1v) is 6.75. The van der Waals surface area contributed by atoms with Gasteiger partial charge in [0.05, 0.1) is 4.92 Å². The van der Waals surface area contributed by atoms with E-state index in [-0.39, 0.29) is 29.3 Å². The van der Waals surface area contributed by atoms with Crippen molar-refractivity contribution in [2.75, 3.05) is 6.61 Å². The molecule has 0 aliphatic heterocycles. The minimum Gasteiger partial charge on any atom is -0.484 e. The Morgan fingerprint density at radius 2 is 2.04 bits per heavy atom. The van der Waals surface area contributed by atoms with Crippen molar-refractivity contribution < 1.29 is 24.0 Å². The number of nitrogens with zero attached hydrogens (tertiary/aromatic N) is 1. The maximum atomic E-state index is 13.6. The van der Waals surface area contributed by atoms with Gasteiger partial charge in [-0.1, -0.05) is 18.2 Å². The fourth-order valence-electron chi connectivity index (χ4n) is 2.00. The zero-order valence-electron chi connectivity index (χ0n) is 12.2. The lowest BCUT2D eigenvalue weighted by Gasteiger charge is -2.13. The summed E-state index contributed by atoms with van der Waals surface area (Å²) in [4.78, 5) is 21.6. The van der Waals surface area contributed by atoms with Crippen molar-refractivity contribution in [1.82, 2.24) is 0 Å². The van der Waals surface area contributed by atoms with Crippen molar-refractivity contribution in [3.63, 3.8) is 0 Å². The second kappa shape index (κ2) is 6.97. The molecular formula is C16H14FNO5. The first-order valence-electron chi connectivity index (χ1n) is 6.75. The number of Topliss-reactive ketones (excluding diaryl/α,β-unsaturated/α-hetero) is 1. The summed E-state index contributed by atoms with van der Waals surface area (Å²) in [5, 5.41) is 21.0. The molecule has 23 heavy (non-hydrogen) atoms. The Morgan fingerprint density at radius 3 is 2.65 bits per heavy atom. The van der Waals surface area contributed by atoms with Gasteiger partial charge in [-0.3, -0.25) is 14.9 Å². The number of halogens is 1. The second-order valence-corrected chi connectivity index (χ2v) is 4.84. The van der Waals surface area contributed by atoms with Gasteiger partial charge in [0, 0.05) is 17.2 Å². The molecule has 120 valence electrons. The minimum absolute atomic E-state index is 0.0375. The lowest BCUT2D eigenvalue weighted by molar-refractivity contribution is -0.386. The molecule has 0 aliphatic carbocycles. The largest absolute Gasteiger partial charge is 0.484 e. The fourth-order valence-corrected chi connectivity index (χ4v) is 2.00. The number of ketones is 1. The monoisotopic (exact) mass is 319 g/mol. The average Bonchev–Trinajstić information content (AvgIpc) is 2.52. The van der Waals surface area contributed by atoms with Crippen molar-refractivity contribution in [1.29, 1.82) is 0 Å². The van der Waals surface area contributed by atoms with Crippen LogP contribution < -0.4 is 4.74 Å². The van der Waals surface area contributed by atoms with Crippen molar-refractivity contribution >= 4 is 11.5 Å². The number of carbonyl (C=O) groups excluding carboxylic acids is 1. The number of hydrogen-bond acceptors (Lipinski definition) is 5. The zero-order valence-corrected chi connectivity index (χ0v) is 12.2. The molecule has 0 heterocycles. The van der Waals surface area contributed by atoms with Gasteiger partial charge in [0.15, 0.2) is 11.5 Å². The zero-order chi connectivity index (χ0) is 17.0. The predicted molar refractivity (Wildman–Crippen MR) is 80.0 cm³/mol. The number of nitro benzene ring substituents is 1. The summed E-state index contributed by atoms with van der Waals surface area (Å²) in [5.74, 6) is -1.01. The van der Waals surface area contributed by atoms with E-state index in [4.69, 9.17) is 4.74 Å². The van der Waals surface area contributed by atoms with Crippen molar-refractivity contribution in [2.45, 2.75) is 13.0 Å². The molecule has 2 aromatic carbocycles. The standard InChI is InChI=1S/C16H14FNO5/c1-10(19)11-6-7-16(14(8-11)18(21)22)23-9-15(20)12-4-2-3-5-13(12)17/h2-8,15,20H,9H2,1H3. The van der Waals surface area contributed by atoms with Crippen LogP contribution in [0.5, 0.6) is 5.75 Å². The van der Waals surface area contributed by atoms with E-state index in [1.54, 1.807) is 6.07 Å². The predicted octanol–water partition coefficient (Wildman–Crippen LogP) is 3.05. The molecule has 1 atom stereocenters. The molecule has 7 heteroatoms. The highest BCUT2D eigenvalue weighted by atomic mass is 19.1. The number of aliphatic hydroxyl groups excluding tert-OH is 1. The Morgan fingerprint density at radius 1 is 1.35 bits per heavy atom. The van der Waals surface area contributed by atoms with E-state index in [9.17, 15) is 24.4 Å². The molecule has 0 bridgehead atoms. The summed E-state index contributed by atoms with van der Waals surface area (Å²) >= 11 is 0. The average molecular weight is 319 g/mol. The van der Waals surface area contributed by atoms with Crippen LogP contribution in [0.15, 0.2) is 42.5 Å². The fraction of sp³-hybridized carbons (Fsp3) is 0.188. The number of nitro groups is 1. The molecule has 1 N–H and O–H groups in total.